The van der Waals surface area contributed by atoms with E-state index in [2.05, 4.69) is 0 Å². The van der Waals surface area contributed by atoms with Crippen LogP contribution in [0.4, 0.5) is 0 Å². The Kier molecular flexibility index (Phi) is 6.02. The second-order valence-electron chi connectivity index (χ2n) is 2.71. The van der Waals surface area contributed by atoms with E-state index in [-0.39, 0.29) is 22.1 Å². The Morgan fingerprint density at radius 3 is 2.50 bits per heavy atom. The standard InChI is InChI=1S/C8H15O3S/c1-7(10)4-5-11-8(6-9)12(2)3/h6,8H,4-5H2,1-3H3/q+1. The van der Waals surface area contributed by atoms with Gasteiger partial charge in [0, 0.05) is 17.3 Å². The van der Waals surface area contributed by atoms with Gasteiger partial charge in [-0.05, 0) is 6.92 Å². The highest BCUT2D eigenvalue weighted by Crippen LogP contribution is 1.99. The SMILES string of the molecule is CC(=O)CCOC(C=O)[S+](C)C. The third-order valence-corrected chi connectivity index (χ3v) is 2.49. The minimum Gasteiger partial charge on any atom is -0.327 e. The Hall–Kier alpha value is -0.350. The summed E-state index contributed by atoms with van der Waals surface area (Å²) in [6.45, 7) is 1.86. The molecule has 0 radical (unpaired) electrons. The highest BCUT2D eigenvalue weighted by Gasteiger charge is 2.20. The van der Waals surface area contributed by atoms with Crippen LogP contribution in [0.15, 0.2) is 0 Å². The first-order chi connectivity index (χ1) is 5.57. The number of carbonyl (C=O) groups is 2. The van der Waals surface area contributed by atoms with Crippen LogP contribution in [-0.2, 0) is 25.2 Å². The largest absolute Gasteiger partial charge is 0.327 e. The minimum atomic E-state index is -0.343. The molecule has 0 spiro atoms. The van der Waals surface area contributed by atoms with Crippen molar-refractivity contribution >= 4 is 23.0 Å². The summed E-state index contributed by atoms with van der Waals surface area (Å²) in [6, 6.07) is 0. The summed E-state index contributed by atoms with van der Waals surface area (Å²) in [7, 11) is -0.0697. The highest BCUT2D eigenvalue weighted by molar-refractivity contribution is 7.96. The zero-order chi connectivity index (χ0) is 9.56. The fourth-order valence-corrected chi connectivity index (χ4v) is 1.20. The van der Waals surface area contributed by atoms with Crippen molar-refractivity contribution < 1.29 is 14.3 Å². The zero-order valence-corrected chi connectivity index (χ0v) is 8.52. The Balaban J connectivity index is 3.58. The molecule has 0 rings (SSSR count). The molecule has 0 saturated heterocycles. The minimum absolute atomic E-state index is 0.0697. The van der Waals surface area contributed by atoms with E-state index in [1.54, 1.807) is 0 Å². The number of carbonyl (C=O) groups excluding carboxylic acids is 2. The summed E-state index contributed by atoms with van der Waals surface area (Å²) >= 11 is 0. The molecule has 0 aliphatic heterocycles. The second kappa shape index (κ2) is 6.20. The quantitative estimate of drug-likeness (QED) is 0.450. The van der Waals surface area contributed by atoms with E-state index in [4.69, 9.17) is 4.74 Å². The zero-order valence-electron chi connectivity index (χ0n) is 7.70. The van der Waals surface area contributed by atoms with Gasteiger partial charge in [0.2, 0.25) is 0 Å². The molecule has 0 fully saturated rings. The van der Waals surface area contributed by atoms with Crippen molar-refractivity contribution in [1.82, 2.24) is 0 Å². The van der Waals surface area contributed by atoms with E-state index < -0.39 is 0 Å². The maximum Gasteiger partial charge on any atom is 0.274 e. The number of ether oxygens (including phenoxy) is 1. The molecule has 1 atom stereocenters. The second-order valence-corrected chi connectivity index (χ2v) is 4.93. The predicted molar refractivity (Wildman–Crippen MR) is 50.3 cm³/mol. The molecule has 0 aromatic rings. The average Bonchev–Trinajstić information content (AvgIpc) is 1.96. The summed E-state index contributed by atoms with van der Waals surface area (Å²) in [5, 5.41) is 0. The Morgan fingerprint density at radius 1 is 1.58 bits per heavy atom. The van der Waals surface area contributed by atoms with Gasteiger partial charge in [-0.15, -0.1) is 0 Å². The molecule has 0 aromatic carbocycles. The maximum absolute atomic E-state index is 10.5. The Bertz CT molecular complexity index is 156. The fraction of sp³-hybridized carbons (Fsp3) is 0.750. The van der Waals surface area contributed by atoms with Gasteiger partial charge < -0.3 is 4.74 Å². The fourth-order valence-electron chi connectivity index (χ4n) is 0.605. The van der Waals surface area contributed by atoms with Crippen molar-refractivity contribution in [3.63, 3.8) is 0 Å². The first-order valence-electron chi connectivity index (χ1n) is 3.70. The number of rotatable bonds is 6. The van der Waals surface area contributed by atoms with E-state index in [9.17, 15) is 9.59 Å². The predicted octanol–water partition coefficient (Wildman–Crippen LogP) is 0.385. The van der Waals surface area contributed by atoms with Crippen molar-refractivity contribution in [2.75, 3.05) is 19.1 Å². The molecule has 0 aliphatic carbocycles. The summed E-state index contributed by atoms with van der Waals surface area (Å²) < 4.78 is 5.19. The van der Waals surface area contributed by atoms with Gasteiger partial charge in [0.15, 0.2) is 6.29 Å². The lowest BCUT2D eigenvalue weighted by Crippen LogP contribution is -2.25. The normalized spacial score (nSPS) is 13.0. The summed E-state index contributed by atoms with van der Waals surface area (Å²) in [4.78, 5) is 20.9. The van der Waals surface area contributed by atoms with Crippen molar-refractivity contribution in [3.8, 4) is 0 Å². The van der Waals surface area contributed by atoms with Crippen molar-refractivity contribution in [3.05, 3.63) is 0 Å². The van der Waals surface area contributed by atoms with E-state index >= 15 is 0 Å². The molecule has 1 unspecified atom stereocenters. The number of ketones is 1. The number of hydrogen-bond donors (Lipinski definition) is 0. The molecule has 0 N–H and O–H groups in total. The van der Waals surface area contributed by atoms with Gasteiger partial charge in [0.05, 0.1) is 6.61 Å². The highest BCUT2D eigenvalue weighted by atomic mass is 32.2. The lowest BCUT2D eigenvalue weighted by atomic mass is 10.3. The third kappa shape index (κ3) is 5.32. The van der Waals surface area contributed by atoms with Gasteiger partial charge in [-0.2, -0.15) is 0 Å². The lowest BCUT2D eigenvalue weighted by Gasteiger charge is -2.06. The lowest BCUT2D eigenvalue weighted by molar-refractivity contribution is -0.120. The van der Waals surface area contributed by atoms with Crippen LogP contribution in [-0.4, -0.2) is 36.6 Å². The number of aldehydes is 1. The Labute approximate surface area is 75.8 Å². The molecular weight excluding hydrogens is 176 g/mol. The topological polar surface area (TPSA) is 43.4 Å². The molecule has 0 bridgehead atoms. The van der Waals surface area contributed by atoms with Crippen LogP contribution in [0.2, 0.25) is 0 Å². The molecule has 0 aliphatic rings. The molecule has 12 heavy (non-hydrogen) atoms. The van der Waals surface area contributed by atoms with E-state index in [1.807, 2.05) is 12.5 Å². The monoisotopic (exact) mass is 191 g/mol. The van der Waals surface area contributed by atoms with Crippen LogP contribution in [0.5, 0.6) is 0 Å². The van der Waals surface area contributed by atoms with Crippen LogP contribution >= 0.6 is 0 Å². The first-order valence-corrected chi connectivity index (χ1v) is 5.81. The van der Waals surface area contributed by atoms with Crippen molar-refractivity contribution in [2.45, 2.75) is 18.8 Å². The molecule has 0 saturated carbocycles. The van der Waals surface area contributed by atoms with Crippen molar-refractivity contribution in [1.29, 1.82) is 0 Å². The van der Waals surface area contributed by atoms with Crippen LogP contribution in [0.1, 0.15) is 13.3 Å². The van der Waals surface area contributed by atoms with Crippen molar-refractivity contribution in [2.24, 2.45) is 0 Å². The molecule has 0 amide bonds. The van der Waals surface area contributed by atoms with Gasteiger partial charge in [0.25, 0.3) is 5.44 Å². The third-order valence-electron chi connectivity index (χ3n) is 1.31. The maximum atomic E-state index is 10.5. The molecule has 4 heteroatoms. The van der Waals surface area contributed by atoms with E-state index in [0.29, 0.717) is 13.0 Å². The van der Waals surface area contributed by atoms with Gasteiger partial charge in [-0.25, -0.2) is 0 Å². The molecule has 0 heterocycles. The number of Topliss-reactive ketones (excluding diaryl/α,β-unsaturated/α-hetero) is 1. The summed E-state index contributed by atoms with van der Waals surface area (Å²) in [6.07, 6.45) is 5.06. The summed E-state index contributed by atoms with van der Waals surface area (Å²) in [5.41, 5.74) is -0.343. The molecule has 70 valence electrons. The molecule has 0 aromatic heterocycles. The van der Waals surface area contributed by atoms with Gasteiger partial charge in [0.1, 0.15) is 18.3 Å². The average molecular weight is 191 g/mol. The van der Waals surface area contributed by atoms with Crippen LogP contribution in [0, 0.1) is 0 Å². The van der Waals surface area contributed by atoms with Gasteiger partial charge in [-0.3, -0.25) is 9.59 Å². The van der Waals surface area contributed by atoms with Crippen LogP contribution in [0.25, 0.3) is 0 Å². The smallest absolute Gasteiger partial charge is 0.274 e. The van der Waals surface area contributed by atoms with Gasteiger partial charge >= 0.3 is 0 Å². The van der Waals surface area contributed by atoms with E-state index in [1.165, 1.54) is 6.92 Å². The Morgan fingerprint density at radius 2 is 2.17 bits per heavy atom. The van der Waals surface area contributed by atoms with Crippen LogP contribution in [0.3, 0.4) is 0 Å². The first kappa shape index (κ1) is 11.6. The van der Waals surface area contributed by atoms with Gasteiger partial charge in [-0.1, -0.05) is 0 Å². The van der Waals surface area contributed by atoms with Crippen LogP contribution < -0.4 is 0 Å². The molecular formula is C8H15O3S+. The van der Waals surface area contributed by atoms with E-state index in [0.717, 1.165) is 6.29 Å². The summed E-state index contributed by atoms with van der Waals surface area (Å²) in [5.74, 6) is 0.0896. The number of hydrogen-bond acceptors (Lipinski definition) is 3. The molecule has 3 nitrogen and oxygen atoms in total.